The van der Waals surface area contributed by atoms with Crippen LogP contribution in [0.5, 0.6) is 17.2 Å². The highest BCUT2D eigenvalue weighted by Gasteiger charge is 2.40. The van der Waals surface area contributed by atoms with E-state index >= 15 is 0 Å². The van der Waals surface area contributed by atoms with Gasteiger partial charge >= 0.3 is 0 Å². The number of methoxy groups -OCH3 is 2. The molecule has 7 heteroatoms. The Morgan fingerprint density at radius 3 is 2.03 bits per heavy atom. The summed E-state index contributed by atoms with van der Waals surface area (Å²) in [7, 11) is 2.75. The molecule has 2 aromatic carbocycles. The second kappa shape index (κ2) is 10.6. The van der Waals surface area contributed by atoms with Gasteiger partial charge in [0.25, 0.3) is 8.32 Å². The molecule has 2 atom stereocenters. The second-order valence-electron chi connectivity index (χ2n) is 9.97. The number of carbonyl (C=O) groups excluding carboxylic acids is 1. The molecule has 2 rings (SSSR count). The summed E-state index contributed by atoms with van der Waals surface area (Å²) in [6.45, 7) is 12.7. The normalized spacial score (nSPS) is 13.8. The van der Waals surface area contributed by atoms with E-state index < -0.39 is 14.4 Å². The second-order valence-corrected chi connectivity index (χ2v) is 14.7. The quantitative estimate of drug-likeness (QED) is 0.506. The van der Waals surface area contributed by atoms with Gasteiger partial charge in [-0.05, 0) is 48.3 Å². The molecule has 1 amide bonds. The Morgan fingerprint density at radius 1 is 1.06 bits per heavy atom. The lowest BCUT2D eigenvalue weighted by atomic mass is 10.0. The number of ether oxygens (including phenoxy) is 2. The van der Waals surface area contributed by atoms with Crippen molar-refractivity contribution in [3.63, 3.8) is 0 Å². The third-order valence-corrected chi connectivity index (χ3v) is 11.0. The van der Waals surface area contributed by atoms with Gasteiger partial charge in [0.1, 0.15) is 0 Å². The summed E-state index contributed by atoms with van der Waals surface area (Å²) >= 11 is 0. The fraction of sp³-hybridized carbons (Fsp3) is 0.500. The highest BCUT2D eigenvalue weighted by Crippen LogP contribution is 2.45. The minimum absolute atomic E-state index is 0.0100. The third kappa shape index (κ3) is 6.30. The SMILES string of the molecule is COc1cc(CC(=O)N(C)[C@@H](C)[C@@H](O)c2ccccc2)cc(OC)c1O[Si](C)(C)C(C)(C)C. The predicted molar refractivity (Wildman–Crippen MR) is 135 cm³/mol. The third-order valence-electron chi connectivity index (χ3n) is 6.64. The fourth-order valence-corrected chi connectivity index (χ4v) is 4.23. The molecule has 0 saturated heterocycles. The molecule has 2 aromatic rings. The summed E-state index contributed by atoms with van der Waals surface area (Å²) in [6.07, 6.45) is -0.625. The zero-order chi connectivity index (χ0) is 25.0. The first-order chi connectivity index (χ1) is 15.3. The Morgan fingerprint density at radius 2 is 1.58 bits per heavy atom. The topological polar surface area (TPSA) is 68.2 Å². The minimum Gasteiger partial charge on any atom is -0.539 e. The molecular formula is C26H39NO5Si. The van der Waals surface area contributed by atoms with E-state index in [4.69, 9.17) is 13.9 Å². The van der Waals surface area contributed by atoms with Crippen LogP contribution in [0, 0.1) is 0 Å². The number of likely N-dealkylation sites (N-methyl/N-ethyl adjacent to an activating group) is 1. The van der Waals surface area contributed by atoms with Crippen LogP contribution in [0.2, 0.25) is 18.1 Å². The first kappa shape index (κ1) is 26.7. The van der Waals surface area contributed by atoms with Crippen molar-refractivity contribution in [3.05, 3.63) is 53.6 Å². The molecule has 0 heterocycles. The number of nitrogens with zero attached hydrogens (tertiary/aromatic N) is 1. The van der Waals surface area contributed by atoms with E-state index in [9.17, 15) is 9.90 Å². The van der Waals surface area contributed by atoms with E-state index in [1.54, 1.807) is 26.2 Å². The van der Waals surface area contributed by atoms with E-state index in [2.05, 4.69) is 33.9 Å². The van der Waals surface area contributed by atoms with E-state index in [0.717, 1.165) is 11.1 Å². The Balaban J connectivity index is 2.26. The monoisotopic (exact) mass is 473 g/mol. The lowest BCUT2D eigenvalue weighted by Gasteiger charge is -2.37. The molecule has 0 spiro atoms. The maximum Gasteiger partial charge on any atom is 0.250 e. The van der Waals surface area contributed by atoms with E-state index in [1.165, 1.54) is 0 Å². The van der Waals surface area contributed by atoms with Crippen LogP contribution in [0.25, 0.3) is 0 Å². The van der Waals surface area contributed by atoms with Crippen LogP contribution in [0.4, 0.5) is 0 Å². The van der Waals surface area contributed by atoms with Gasteiger partial charge in [0.15, 0.2) is 17.2 Å². The zero-order valence-electron chi connectivity index (χ0n) is 21.4. The van der Waals surface area contributed by atoms with Gasteiger partial charge in [-0.25, -0.2) is 0 Å². The first-order valence-corrected chi connectivity index (χ1v) is 14.2. The molecule has 6 nitrogen and oxygen atoms in total. The molecule has 0 aliphatic heterocycles. The summed E-state index contributed by atoms with van der Waals surface area (Å²) in [5, 5.41) is 10.7. The summed E-state index contributed by atoms with van der Waals surface area (Å²) < 4.78 is 17.7. The number of aliphatic hydroxyl groups is 1. The highest BCUT2D eigenvalue weighted by molar-refractivity contribution is 6.74. The van der Waals surface area contributed by atoms with Crippen molar-refractivity contribution in [1.82, 2.24) is 4.90 Å². The zero-order valence-corrected chi connectivity index (χ0v) is 22.4. The molecule has 0 radical (unpaired) electrons. The molecule has 0 bridgehead atoms. The van der Waals surface area contributed by atoms with Crippen molar-refractivity contribution in [3.8, 4) is 17.2 Å². The van der Waals surface area contributed by atoms with Crippen LogP contribution < -0.4 is 13.9 Å². The van der Waals surface area contributed by atoms with Gasteiger partial charge in [0, 0.05) is 7.05 Å². The maximum absolute atomic E-state index is 13.0. The molecule has 0 aliphatic carbocycles. The molecule has 33 heavy (non-hydrogen) atoms. The summed E-state index contributed by atoms with van der Waals surface area (Å²) in [4.78, 5) is 14.6. The first-order valence-electron chi connectivity index (χ1n) is 11.2. The van der Waals surface area contributed by atoms with Crippen molar-refractivity contribution in [1.29, 1.82) is 0 Å². The Hall–Kier alpha value is -2.51. The van der Waals surface area contributed by atoms with Gasteiger partial charge in [-0.3, -0.25) is 4.79 Å². The smallest absolute Gasteiger partial charge is 0.250 e. The molecule has 182 valence electrons. The van der Waals surface area contributed by atoms with Crippen LogP contribution >= 0.6 is 0 Å². The molecule has 0 aromatic heterocycles. The molecule has 0 fully saturated rings. The molecule has 0 unspecified atom stereocenters. The van der Waals surface area contributed by atoms with Crippen molar-refractivity contribution >= 4 is 14.2 Å². The summed E-state index contributed by atoms with van der Waals surface area (Å²) in [6, 6.07) is 12.6. The lowest BCUT2D eigenvalue weighted by molar-refractivity contribution is -0.133. The van der Waals surface area contributed by atoms with Gasteiger partial charge in [-0.15, -0.1) is 0 Å². The molecule has 1 N–H and O–H groups in total. The Bertz CT molecular complexity index is 914. The Kier molecular flexibility index (Phi) is 8.60. The number of amides is 1. The van der Waals surface area contributed by atoms with Gasteiger partial charge < -0.3 is 23.9 Å². The maximum atomic E-state index is 13.0. The fourth-order valence-electron chi connectivity index (χ4n) is 3.21. The number of hydrogen-bond acceptors (Lipinski definition) is 5. The average Bonchev–Trinajstić information content (AvgIpc) is 2.77. The molecular weight excluding hydrogens is 434 g/mol. The number of aliphatic hydroxyl groups excluding tert-OH is 1. The van der Waals surface area contributed by atoms with Gasteiger partial charge in [-0.2, -0.15) is 0 Å². The van der Waals surface area contributed by atoms with Gasteiger partial charge in [0.2, 0.25) is 5.91 Å². The van der Waals surface area contributed by atoms with Gasteiger partial charge in [0.05, 0.1) is 32.8 Å². The van der Waals surface area contributed by atoms with Crippen LogP contribution in [0.1, 0.15) is 44.9 Å². The van der Waals surface area contributed by atoms with Crippen LogP contribution in [-0.2, 0) is 11.2 Å². The lowest BCUT2D eigenvalue weighted by Crippen LogP contribution is -2.44. The van der Waals surface area contributed by atoms with Crippen LogP contribution in [0.3, 0.4) is 0 Å². The van der Waals surface area contributed by atoms with E-state index in [0.29, 0.717) is 17.2 Å². The van der Waals surface area contributed by atoms with Crippen LogP contribution in [0.15, 0.2) is 42.5 Å². The highest BCUT2D eigenvalue weighted by atomic mass is 28.4. The predicted octanol–water partition coefficient (Wildman–Crippen LogP) is 5.21. The Labute approximate surface area is 199 Å². The molecule has 0 saturated carbocycles. The van der Waals surface area contributed by atoms with E-state index in [1.807, 2.05) is 49.4 Å². The van der Waals surface area contributed by atoms with Gasteiger partial charge in [-0.1, -0.05) is 51.1 Å². The average molecular weight is 474 g/mol. The number of rotatable bonds is 9. The van der Waals surface area contributed by atoms with Crippen molar-refractivity contribution < 1.29 is 23.8 Å². The number of hydrogen-bond donors (Lipinski definition) is 1. The summed E-state index contributed by atoms with van der Waals surface area (Å²) in [5.41, 5.74) is 1.53. The van der Waals surface area contributed by atoms with Crippen LogP contribution in [-0.4, -0.2) is 51.5 Å². The van der Waals surface area contributed by atoms with Crippen molar-refractivity contribution in [2.75, 3.05) is 21.3 Å². The van der Waals surface area contributed by atoms with Crippen molar-refractivity contribution in [2.45, 2.75) is 64.4 Å². The standard InChI is InChI=1S/C26H39NO5Si/c1-18(24(29)20-13-11-10-12-14-20)27(5)23(28)17-19-15-21(30-6)25(22(16-19)31-7)32-33(8,9)26(2,3)4/h10-16,18,24,29H,17H2,1-9H3/t18-,24+/m0/s1. The minimum atomic E-state index is -2.13. The molecule has 0 aliphatic rings. The summed E-state index contributed by atoms with van der Waals surface area (Å²) in [5.74, 6) is 1.55. The number of benzene rings is 2. The van der Waals surface area contributed by atoms with Crippen molar-refractivity contribution in [2.24, 2.45) is 0 Å². The van der Waals surface area contributed by atoms with E-state index in [-0.39, 0.29) is 23.4 Å². The largest absolute Gasteiger partial charge is 0.539 e. The number of carbonyl (C=O) groups is 1.